The van der Waals surface area contributed by atoms with Crippen LogP contribution < -0.4 is 5.32 Å². The van der Waals surface area contributed by atoms with E-state index in [0.717, 1.165) is 11.3 Å². The van der Waals surface area contributed by atoms with Gasteiger partial charge in [0.05, 0.1) is 5.69 Å². The van der Waals surface area contributed by atoms with Gasteiger partial charge in [0, 0.05) is 19.2 Å². The lowest BCUT2D eigenvalue weighted by Crippen LogP contribution is -2.09. The Balaban J connectivity index is 1.94. The highest BCUT2D eigenvalue weighted by Crippen LogP contribution is 2.28. The second-order valence-electron chi connectivity index (χ2n) is 6.48. The number of unbranched alkanes of at least 4 members (excludes halogenated alkanes) is 1. The molecule has 0 fully saturated rings. The molecule has 0 atom stereocenters. The summed E-state index contributed by atoms with van der Waals surface area (Å²) in [5.74, 6) is 1.01. The Bertz CT molecular complexity index is 970. The van der Waals surface area contributed by atoms with Gasteiger partial charge in [0.25, 0.3) is 0 Å². The van der Waals surface area contributed by atoms with Crippen molar-refractivity contribution in [2.75, 3.05) is 5.32 Å². The average Bonchev–Trinajstić information content (AvgIpc) is 2.95. The minimum atomic E-state index is -4.15. The molecule has 0 aliphatic heterocycles. The highest BCUT2D eigenvalue weighted by Gasteiger charge is 2.26. The van der Waals surface area contributed by atoms with Crippen molar-refractivity contribution >= 4 is 34.3 Å². The first-order valence-corrected chi connectivity index (χ1v) is 9.34. The summed E-state index contributed by atoms with van der Waals surface area (Å²) in [6, 6.07) is 3.72. The number of alkyl halides is 3. The fourth-order valence-electron chi connectivity index (χ4n) is 2.92. The molecule has 10 heteroatoms. The van der Waals surface area contributed by atoms with E-state index in [1.165, 1.54) is 0 Å². The summed E-state index contributed by atoms with van der Waals surface area (Å²) < 4.78 is 38.9. The van der Waals surface area contributed by atoms with Crippen molar-refractivity contribution in [2.24, 2.45) is 0 Å². The average molecular weight is 413 g/mol. The van der Waals surface area contributed by atoms with Crippen LogP contribution in [0.3, 0.4) is 0 Å². The van der Waals surface area contributed by atoms with Crippen LogP contribution in [0.1, 0.15) is 37.4 Å². The monoisotopic (exact) mass is 412 g/mol. The van der Waals surface area contributed by atoms with Crippen LogP contribution >= 0.6 is 11.6 Å². The Morgan fingerprint density at radius 3 is 2.68 bits per heavy atom. The van der Waals surface area contributed by atoms with E-state index in [0.29, 0.717) is 42.1 Å². The number of halogens is 4. The predicted octanol–water partition coefficient (Wildman–Crippen LogP) is 5.22. The molecule has 0 saturated heterocycles. The Hall–Kier alpha value is -2.42. The van der Waals surface area contributed by atoms with Crippen molar-refractivity contribution in [1.82, 2.24) is 24.7 Å². The molecule has 0 aromatic carbocycles. The first-order valence-electron chi connectivity index (χ1n) is 8.96. The molecule has 0 bridgehead atoms. The SMILES string of the molecule is CCc1nn(CCCCC(F)(F)F)c2c(Nc3cc(C)ccn3)nc(Cl)nc12. The summed E-state index contributed by atoms with van der Waals surface area (Å²) >= 11 is 6.09. The van der Waals surface area contributed by atoms with Gasteiger partial charge in [-0.2, -0.15) is 23.3 Å². The number of pyridine rings is 1. The van der Waals surface area contributed by atoms with Crippen LogP contribution in [0.15, 0.2) is 18.3 Å². The topological polar surface area (TPSA) is 68.5 Å². The minimum absolute atomic E-state index is 0.0307. The summed E-state index contributed by atoms with van der Waals surface area (Å²) in [4.78, 5) is 12.8. The zero-order chi connectivity index (χ0) is 20.3. The van der Waals surface area contributed by atoms with Gasteiger partial charge < -0.3 is 5.32 Å². The van der Waals surface area contributed by atoms with Crippen LogP contribution in [-0.2, 0) is 13.0 Å². The highest BCUT2D eigenvalue weighted by molar-refractivity contribution is 6.28. The van der Waals surface area contributed by atoms with Gasteiger partial charge in [0.15, 0.2) is 5.82 Å². The molecule has 3 aromatic heterocycles. The minimum Gasteiger partial charge on any atom is -0.323 e. The molecule has 3 aromatic rings. The summed E-state index contributed by atoms with van der Waals surface area (Å²) in [6.45, 7) is 4.20. The van der Waals surface area contributed by atoms with Crippen LogP contribution in [0.5, 0.6) is 0 Å². The van der Waals surface area contributed by atoms with Gasteiger partial charge >= 0.3 is 6.18 Å². The number of aromatic nitrogens is 5. The van der Waals surface area contributed by atoms with Gasteiger partial charge in [0.1, 0.15) is 16.9 Å². The summed E-state index contributed by atoms with van der Waals surface area (Å²) in [7, 11) is 0. The van der Waals surface area contributed by atoms with Crippen molar-refractivity contribution in [3.8, 4) is 0 Å². The van der Waals surface area contributed by atoms with Crippen molar-refractivity contribution in [2.45, 2.75) is 52.3 Å². The standard InChI is InChI=1S/C18H20ClF3N6/c1-3-12-14-15(28(27-12)9-5-4-7-18(20,21)22)16(26-17(19)25-14)24-13-10-11(2)6-8-23-13/h6,8,10H,3-5,7,9H2,1-2H3,(H,23,24,25,26). The molecule has 0 saturated carbocycles. The van der Waals surface area contributed by atoms with Crippen molar-refractivity contribution in [3.05, 3.63) is 34.9 Å². The van der Waals surface area contributed by atoms with Gasteiger partial charge in [-0.15, -0.1) is 0 Å². The van der Waals surface area contributed by atoms with Crippen LogP contribution in [0.2, 0.25) is 5.28 Å². The maximum absolute atomic E-state index is 12.4. The molecule has 0 spiro atoms. The maximum atomic E-state index is 12.4. The van der Waals surface area contributed by atoms with E-state index >= 15 is 0 Å². The number of aryl methyl sites for hydroxylation is 3. The third-order valence-corrected chi connectivity index (χ3v) is 4.38. The summed E-state index contributed by atoms with van der Waals surface area (Å²) in [5.41, 5.74) is 2.93. The third kappa shape index (κ3) is 4.89. The van der Waals surface area contributed by atoms with Crippen molar-refractivity contribution < 1.29 is 13.2 Å². The molecule has 0 aliphatic carbocycles. The third-order valence-electron chi connectivity index (χ3n) is 4.21. The Morgan fingerprint density at radius 2 is 2.00 bits per heavy atom. The lowest BCUT2D eigenvalue weighted by Gasteiger charge is -2.10. The zero-order valence-corrected chi connectivity index (χ0v) is 16.3. The lowest BCUT2D eigenvalue weighted by molar-refractivity contribution is -0.135. The van der Waals surface area contributed by atoms with Crippen LogP contribution in [0.4, 0.5) is 24.8 Å². The number of hydrogen-bond acceptors (Lipinski definition) is 5. The number of rotatable bonds is 7. The Morgan fingerprint density at radius 1 is 1.21 bits per heavy atom. The van der Waals surface area contributed by atoms with Gasteiger partial charge in [-0.1, -0.05) is 6.92 Å². The molecule has 28 heavy (non-hydrogen) atoms. The molecule has 0 amide bonds. The van der Waals surface area contributed by atoms with Crippen LogP contribution in [0, 0.1) is 6.92 Å². The van der Waals surface area contributed by atoms with E-state index in [2.05, 4.69) is 25.4 Å². The largest absolute Gasteiger partial charge is 0.389 e. The number of nitrogens with one attached hydrogen (secondary N) is 1. The van der Waals surface area contributed by atoms with Crippen LogP contribution in [-0.4, -0.2) is 30.9 Å². The molecule has 6 nitrogen and oxygen atoms in total. The number of fused-ring (bicyclic) bond motifs is 1. The van der Waals surface area contributed by atoms with E-state index in [4.69, 9.17) is 11.6 Å². The molecule has 150 valence electrons. The zero-order valence-electron chi connectivity index (χ0n) is 15.5. The first-order chi connectivity index (χ1) is 13.3. The second-order valence-corrected chi connectivity index (χ2v) is 6.82. The van der Waals surface area contributed by atoms with E-state index in [1.807, 2.05) is 26.0 Å². The number of nitrogens with zero attached hydrogens (tertiary/aromatic N) is 5. The van der Waals surface area contributed by atoms with E-state index in [-0.39, 0.29) is 11.7 Å². The Kier molecular flexibility index (Phi) is 6.02. The molecule has 0 unspecified atom stereocenters. The van der Waals surface area contributed by atoms with E-state index in [9.17, 15) is 13.2 Å². The molecule has 3 heterocycles. The smallest absolute Gasteiger partial charge is 0.323 e. The predicted molar refractivity (Wildman–Crippen MR) is 102 cm³/mol. The normalized spacial score (nSPS) is 11.9. The first kappa shape index (κ1) is 20.3. The fourth-order valence-corrected chi connectivity index (χ4v) is 3.09. The van der Waals surface area contributed by atoms with E-state index < -0.39 is 12.6 Å². The number of anilines is 2. The molecule has 3 rings (SSSR count). The van der Waals surface area contributed by atoms with E-state index in [1.54, 1.807) is 10.9 Å². The van der Waals surface area contributed by atoms with Gasteiger partial charge in [-0.3, -0.25) is 4.68 Å². The quantitative estimate of drug-likeness (QED) is 0.425. The summed E-state index contributed by atoms with van der Waals surface area (Å²) in [6.07, 6.45) is -2.31. The lowest BCUT2D eigenvalue weighted by atomic mass is 10.2. The molecular formula is C18H20ClF3N6. The van der Waals surface area contributed by atoms with Gasteiger partial charge in [-0.05, 0) is 55.5 Å². The van der Waals surface area contributed by atoms with Gasteiger partial charge in [0.2, 0.25) is 5.28 Å². The highest BCUT2D eigenvalue weighted by atomic mass is 35.5. The van der Waals surface area contributed by atoms with Crippen LogP contribution in [0.25, 0.3) is 11.0 Å². The molecular weight excluding hydrogens is 393 g/mol. The van der Waals surface area contributed by atoms with Gasteiger partial charge in [-0.25, -0.2) is 9.97 Å². The molecule has 0 aliphatic rings. The second kappa shape index (κ2) is 8.30. The maximum Gasteiger partial charge on any atom is 0.389 e. The molecule has 1 N–H and O–H groups in total. The van der Waals surface area contributed by atoms with Crippen molar-refractivity contribution in [3.63, 3.8) is 0 Å². The summed E-state index contributed by atoms with van der Waals surface area (Å²) in [5, 5.41) is 7.71. The fraction of sp³-hybridized carbons (Fsp3) is 0.444. The Labute approximate surface area is 165 Å². The van der Waals surface area contributed by atoms with Crippen molar-refractivity contribution in [1.29, 1.82) is 0 Å². The number of hydrogen-bond donors (Lipinski definition) is 1. The molecule has 0 radical (unpaired) electrons.